The van der Waals surface area contributed by atoms with Crippen LogP contribution in [0.3, 0.4) is 0 Å². The lowest BCUT2D eigenvalue weighted by molar-refractivity contribution is -0.123. The number of hydrogen-bond acceptors (Lipinski definition) is 4. The summed E-state index contributed by atoms with van der Waals surface area (Å²) < 4.78 is 13.7. The van der Waals surface area contributed by atoms with Gasteiger partial charge < -0.3 is 19.4 Å². The molecule has 0 radical (unpaired) electrons. The molecule has 5 rings (SSSR count). The van der Waals surface area contributed by atoms with E-state index < -0.39 is 0 Å². The minimum atomic E-state index is -0.219. The first-order chi connectivity index (χ1) is 17.7. The Morgan fingerprint density at radius 1 is 0.861 bits per heavy atom. The molecule has 0 aliphatic carbocycles. The SMILES string of the molecule is O=C(COc1ccc(Cl)cc1)NCc1nc2ccccc2n1CCCOc1ccc2ccccc2c1. The van der Waals surface area contributed by atoms with Crippen LogP contribution in [0.4, 0.5) is 0 Å². The number of nitrogens with one attached hydrogen (secondary N) is 1. The van der Waals surface area contributed by atoms with Crippen LogP contribution in [0.25, 0.3) is 21.8 Å². The van der Waals surface area contributed by atoms with Crippen molar-refractivity contribution in [3.8, 4) is 11.5 Å². The van der Waals surface area contributed by atoms with Gasteiger partial charge in [-0.05, 0) is 65.7 Å². The van der Waals surface area contributed by atoms with Gasteiger partial charge in [0.25, 0.3) is 5.91 Å². The normalized spacial score (nSPS) is 11.0. The van der Waals surface area contributed by atoms with Crippen molar-refractivity contribution in [3.05, 3.63) is 102 Å². The Balaban J connectivity index is 1.18. The van der Waals surface area contributed by atoms with E-state index in [1.165, 1.54) is 5.39 Å². The van der Waals surface area contributed by atoms with Gasteiger partial charge in [0, 0.05) is 11.6 Å². The molecule has 182 valence electrons. The third-order valence-corrected chi connectivity index (χ3v) is 6.13. The second kappa shape index (κ2) is 11.1. The average molecular weight is 500 g/mol. The van der Waals surface area contributed by atoms with Crippen molar-refractivity contribution in [2.24, 2.45) is 0 Å². The fraction of sp³-hybridized carbons (Fsp3) is 0.172. The summed E-state index contributed by atoms with van der Waals surface area (Å²) in [6.07, 6.45) is 0.799. The standard InChI is InChI=1S/C29H26ClN3O3/c30-23-11-14-24(15-12-23)36-20-29(34)31-19-28-32-26-8-3-4-9-27(26)33(28)16-5-17-35-25-13-10-21-6-1-2-7-22(21)18-25/h1-4,6-15,18H,5,16-17,19-20H2,(H,31,34). The van der Waals surface area contributed by atoms with Gasteiger partial charge in [-0.1, -0.05) is 54.1 Å². The van der Waals surface area contributed by atoms with Crippen molar-refractivity contribution in [1.82, 2.24) is 14.9 Å². The number of amides is 1. The minimum Gasteiger partial charge on any atom is -0.494 e. The zero-order valence-corrected chi connectivity index (χ0v) is 20.4. The molecule has 0 saturated carbocycles. The molecule has 0 fully saturated rings. The van der Waals surface area contributed by atoms with E-state index in [9.17, 15) is 4.79 Å². The van der Waals surface area contributed by atoms with Crippen LogP contribution in [0.15, 0.2) is 91.0 Å². The zero-order chi connectivity index (χ0) is 24.7. The summed E-state index contributed by atoms with van der Waals surface area (Å²) in [4.78, 5) is 17.1. The van der Waals surface area contributed by atoms with Crippen molar-refractivity contribution in [2.75, 3.05) is 13.2 Å². The number of rotatable bonds is 10. The molecular formula is C29H26ClN3O3. The third kappa shape index (κ3) is 5.78. The first-order valence-electron chi connectivity index (χ1n) is 11.9. The number of benzene rings is 4. The van der Waals surface area contributed by atoms with E-state index in [4.69, 9.17) is 26.1 Å². The van der Waals surface area contributed by atoms with Gasteiger partial charge >= 0.3 is 0 Å². The predicted molar refractivity (Wildman–Crippen MR) is 143 cm³/mol. The summed E-state index contributed by atoms with van der Waals surface area (Å²) in [5.41, 5.74) is 1.93. The highest BCUT2D eigenvalue weighted by atomic mass is 35.5. The molecule has 1 heterocycles. The van der Waals surface area contributed by atoms with Gasteiger partial charge in [-0.3, -0.25) is 4.79 Å². The van der Waals surface area contributed by atoms with E-state index in [2.05, 4.69) is 34.1 Å². The number of aromatic nitrogens is 2. The number of para-hydroxylation sites is 2. The van der Waals surface area contributed by atoms with Crippen LogP contribution >= 0.6 is 11.6 Å². The largest absolute Gasteiger partial charge is 0.494 e. The molecule has 0 saturated heterocycles. The number of carbonyl (C=O) groups is 1. The van der Waals surface area contributed by atoms with Crippen LogP contribution in [0.1, 0.15) is 12.2 Å². The molecule has 0 spiro atoms. The number of nitrogens with zero attached hydrogens (tertiary/aromatic N) is 2. The monoisotopic (exact) mass is 499 g/mol. The topological polar surface area (TPSA) is 65.4 Å². The molecular weight excluding hydrogens is 474 g/mol. The summed E-state index contributed by atoms with van der Waals surface area (Å²) in [5.74, 6) is 2.02. The molecule has 0 bridgehead atoms. The molecule has 6 nitrogen and oxygen atoms in total. The van der Waals surface area contributed by atoms with Crippen LogP contribution < -0.4 is 14.8 Å². The molecule has 1 aromatic heterocycles. The van der Waals surface area contributed by atoms with Crippen molar-refractivity contribution in [1.29, 1.82) is 0 Å². The fourth-order valence-corrected chi connectivity index (χ4v) is 4.21. The number of carbonyl (C=O) groups excluding carboxylic acids is 1. The van der Waals surface area contributed by atoms with Crippen molar-refractivity contribution < 1.29 is 14.3 Å². The van der Waals surface area contributed by atoms with Crippen LogP contribution in [0.5, 0.6) is 11.5 Å². The number of ether oxygens (including phenoxy) is 2. The smallest absolute Gasteiger partial charge is 0.258 e. The van der Waals surface area contributed by atoms with E-state index in [1.807, 2.05) is 42.5 Å². The number of imidazole rings is 1. The Bertz CT molecular complexity index is 1480. The number of fused-ring (bicyclic) bond motifs is 2. The summed E-state index contributed by atoms with van der Waals surface area (Å²) in [6.45, 7) is 1.52. The molecule has 0 aliphatic rings. The Kier molecular flexibility index (Phi) is 7.33. The molecule has 5 aromatic rings. The maximum absolute atomic E-state index is 12.4. The first-order valence-corrected chi connectivity index (χ1v) is 12.2. The van der Waals surface area contributed by atoms with Crippen LogP contribution in [0, 0.1) is 0 Å². The van der Waals surface area contributed by atoms with Gasteiger partial charge in [-0.2, -0.15) is 0 Å². The second-order valence-electron chi connectivity index (χ2n) is 8.40. The first kappa shape index (κ1) is 23.7. The van der Waals surface area contributed by atoms with E-state index in [0.717, 1.165) is 41.0 Å². The van der Waals surface area contributed by atoms with Gasteiger partial charge in [0.15, 0.2) is 6.61 Å². The molecule has 36 heavy (non-hydrogen) atoms. The molecule has 0 aliphatic heterocycles. The van der Waals surface area contributed by atoms with Crippen molar-refractivity contribution in [2.45, 2.75) is 19.5 Å². The molecule has 4 aromatic carbocycles. The van der Waals surface area contributed by atoms with Crippen LogP contribution in [-0.2, 0) is 17.9 Å². The van der Waals surface area contributed by atoms with Crippen molar-refractivity contribution >= 4 is 39.3 Å². The van der Waals surface area contributed by atoms with Crippen molar-refractivity contribution in [3.63, 3.8) is 0 Å². The predicted octanol–water partition coefficient (Wildman–Crippen LogP) is 6.01. The van der Waals surface area contributed by atoms with E-state index in [-0.39, 0.29) is 12.5 Å². The third-order valence-electron chi connectivity index (χ3n) is 5.88. The summed E-state index contributed by atoms with van der Waals surface area (Å²) in [5, 5.41) is 5.88. The summed E-state index contributed by atoms with van der Waals surface area (Å²) in [7, 11) is 0. The number of hydrogen-bond donors (Lipinski definition) is 1. The highest BCUT2D eigenvalue weighted by molar-refractivity contribution is 6.30. The number of aryl methyl sites for hydroxylation is 1. The van der Waals surface area contributed by atoms with Crippen LogP contribution in [0.2, 0.25) is 5.02 Å². The summed E-state index contributed by atoms with van der Waals surface area (Å²) >= 11 is 5.89. The Morgan fingerprint density at radius 2 is 1.61 bits per heavy atom. The van der Waals surface area contributed by atoms with Gasteiger partial charge in [0.1, 0.15) is 17.3 Å². The average Bonchev–Trinajstić information content (AvgIpc) is 3.27. The lowest BCUT2D eigenvalue weighted by atomic mass is 10.1. The molecule has 0 unspecified atom stereocenters. The fourth-order valence-electron chi connectivity index (χ4n) is 4.09. The zero-order valence-electron chi connectivity index (χ0n) is 19.7. The van der Waals surface area contributed by atoms with Gasteiger partial charge in [0.2, 0.25) is 0 Å². The lowest BCUT2D eigenvalue weighted by Gasteiger charge is -2.12. The maximum Gasteiger partial charge on any atom is 0.258 e. The lowest BCUT2D eigenvalue weighted by Crippen LogP contribution is -2.29. The van der Waals surface area contributed by atoms with Crippen LogP contribution in [-0.4, -0.2) is 28.7 Å². The quantitative estimate of drug-likeness (QED) is 0.239. The van der Waals surface area contributed by atoms with Gasteiger partial charge in [-0.15, -0.1) is 0 Å². The van der Waals surface area contributed by atoms with E-state index >= 15 is 0 Å². The molecule has 1 amide bonds. The number of halogens is 1. The Morgan fingerprint density at radius 3 is 2.47 bits per heavy atom. The summed E-state index contributed by atoms with van der Waals surface area (Å²) in [6, 6.07) is 29.3. The van der Waals surface area contributed by atoms with E-state index in [1.54, 1.807) is 24.3 Å². The van der Waals surface area contributed by atoms with Gasteiger partial charge in [-0.25, -0.2) is 4.98 Å². The molecule has 1 N–H and O–H groups in total. The molecule has 7 heteroatoms. The Labute approximate surface area is 214 Å². The van der Waals surface area contributed by atoms with Gasteiger partial charge in [0.05, 0.1) is 24.2 Å². The second-order valence-corrected chi connectivity index (χ2v) is 8.84. The molecule has 0 atom stereocenters. The highest BCUT2D eigenvalue weighted by Gasteiger charge is 2.12. The highest BCUT2D eigenvalue weighted by Crippen LogP contribution is 2.21. The Hall–Kier alpha value is -4.03. The minimum absolute atomic E-state index is 0.0819. The maximum atomic E-state index is 12.4. The van der Waals surface area contributed by atoms with E-state index in [0.29, 0.717) is 23.9 Å².